The SMILES string of the molecule is CC(=Cc1ccc(N[C@H](C)[C@@H](O)CO)c(F)c1)c1c(F)cccc1Cl. The van der Waals surface area contributed by atoms with Crippen molar-refractivity contribution in [2.45, 2.75) is 26.0 Å². The van der Waals surface area contributed by atoms with E-state index in [1.165, 1.54) is 24.3 Å². The Bertz CT molecular complexity index is 760. The summed E-state index contributed by atoms with van der Waals surface area (Å²) in [6, 6.07) is 8.42. The van der Waals surface area contributed by atoms with Crippen LogP contribution < -0.4 is 5.32 Å². The number of hydrogen-bond acceptors (Lipinski definition) is 3. The molecule has 25 heavy (non-hydrogen) atoms. The van der Waals surface area contributed by atoms with Gasteiger partial charge < -0.3 is 15.5 Å². The molecule has 0 fully saturated rings. The summed E-state index contributed by atoms with van der Waals surface area (Å²) in [5, 5.41) is 21.5. The molecule has 0 heterocycles. The molecule has 0 bridgehead atoms. The zero-order valence-electron chi connectivity index (χ0n) is 13.9. The number of benzene rings is 2. The van der Waals surface area contributed by atoms with Gasteiger partial charge in [0.05, 0.1) is 29.5 Å². The van der Waals surface area contributed by atoms with E-state index in [4.69, 9.17) is 16.7 Å². The summed E-state index contributed by atoms with van der Waals surface area (Å²) >= 11 is 6.04. The minimum atomic E-state index is -0.996. The maximum absolute atomic E-state index is 14.3. The molecular weight excluding hydrogens is 348 g/mol. The number of anilines is 1. The van der Waals surface area contributed by atoms with E-state index < -0.39 is 30.4 Å². The summed E-state index contributed by atoms with van der Waals surface area (Å²) in [4.78, 5) is 0. The van der Waals surface area contributed by atoms with Crippen molar-refractivity contribution < 1.29 is 19.0 Å². The van der Waals surface area contributed by atoms with Crippen molar-refractivity contribution in [1.29, 1.82) is 0 Å². The summed E-state index contributed by atoms with van der Waals surface area (Å²) in [6.07, 6.45) is 0.646. The Kier molecular flexibility index (Phi) is 6.53. The van der Waals surface area contributed by atoms with Gasteiger partial charge in [-0.3, -0.25) is 0 Å². The second-order valence-electron chi connectivity index (χ2n) is 5.85. The van der Waals surface area contributed by atoms with Crippen molar-refractivity contribution in [3.63, 3.8) is 0 Å². The molecule has 0 saturated carbocycles. The van der Waals surface area contributed by atoms with Crippen LogP contribution in [0.15, 0.2) is 36.4 Å². The van der Waals surface area contributed by atoms with Gasteiger partial charge in [-0.1, -0.05) is 29.8 Å². The molecule has 0 saturated heterocycles. The maximum Gasteiger partial charge on any atom is 0.146 e. The molecule has 2 atom stereocenters. The first-order valence-corrected chi connectivity index (χ1v) is 8.19. The van der Waals surface area contributed by atoms with Crippen LogP contribution in [0, 0.1) is 11.6 Å². The highest BCUT2D eigenvalue weighted by atomic mass is 35.5. The molecule has 0 aliphatic heterocycles. The summed E-state index contributed by atoms with van der Waals surface area (Å²) in [6.45, 7) is 2.92. The Balaban J connectivity index is 2.25. The Morgan fingerprint density at radius 3 is 2.56 bits per heavy atom. The van der Waals surface area contributed by atoms with Crippen LogP contribution in [0.2, 0.25) is 5.02 Å². The number of nitrogens with one attached hydrogen (secondary N) is 1. The Hall–Kier alpha value is -1.95. The van der Waals surface area contributed by atoms with E-state index in [1.54, 1.807) is 32.1 Å². The Morgan fingerprint density at radius 2 is 1.96 bits per heavy atom. The number of aliphatic hydroxyl groups excluding tert-OH is 2. The molecule has 2 rings (SSSR count). The van der Waals surface area contributed by atoms with Gasteiger partial charge in [-0.25, -0.2) is 8.78 Å². The third-order valence-electron chi connectivity index (χ3n) is 3.88. The average Bonchev–Trinajstić information content (AvgIpc) is 2.56. The van der Waals surface area contributed by atoms with E-state index in [-0.39, 0.29) is 11.3 Å². The van der Waals surface area contributed by atoms with Gasteiger partial charge in [0, 0.05) is 5.56 Å². The first-order chi connectivity index (χ1) is 11.8. The van der Waals surface area contributed by atoms with E-state index in [9.17, 15) is 13.9 Å². The highest BCUT2D eigenvalue weighted by Crippen LogP contribution is 2.28. The number of aliphatic hydroxyl groups is 2. The molecule has 0 spiro atoms. The lowest BCUT2D eigenvalue weighted by Crippen LogP contribution is -2.33. The first-order valence-electron chi connectivity index (χ1n) is 7.81. The summed E-state index contributed by atoms with van der Waals surface area (Å²) in [5.74, 6) is -0.954. The van der Waals surface area contributed by atoms with Gasteiger partial charge in [-0.2, -0.15) is 0 Å². The van der Waals surface area contributed by atoms with Gasteiger partial charge in [0.15, 0.2) is 0 Å². The number of halogens is 3. The summed E-state index contributed by atoms with van der Waals surface area (Å²) in [5.41, 5.74) is 1.62. The standard InChI is InChI=1S/C19H20ClF2NO2/c1-11(19-14(20)4-3-5-15(19)21)8-13-6-7-17(16(22)9-13)23-12(2)18(25)10-24/h3-9,12,18,23-25H,10H2,1-2H3/t12-,18+/m1/s1. The fraction of sp³-hybridized carbons (Fsp3) is 0.263. The van der Waals surface area contributed by atoms with Crippen molar-refractivity contribution in [3.8, 4) is 0 Å². The molecule has 2 aromatic carbocycles. The minimum absolute atomic E-state index is 0.207. The average molecular weight is 368 g/mol. The number of hydrogen-bond donors (Lipinski definition) is 3. The van der Waals surface area contributed by atoms with Crippen molar-refractivity contribution in [1.82, 2.24) is 0 Å². The van der Waals surface area contributed by atoms with Crippen molar-refractivity contribution in [3.05, 3.63) is 64.2 Å². The van der Waals surface area contributed by atoms with Crippen LogP contribution in [0.5, 0.6) is 0 Å². The van der Waals surface area contributed by atoms with Crippen LogP contribution in [0.25, 0.3) is 11.6 Å². The molecule has 3 nitrogen and oxygen atoms in total. The van der Waals surface area contributed by atoms with Gasteiger partial charge in [0.1, 0.15) is 11.6 Å². The number of allylic oxidation sites excluding steroid dienone is 1. The van der Waals surface area contributed by atoms with Gasteiger partial charge in [0.25, 0.3) is 0 Å². The van der Waals surface area contributed by atoms with Crippen molar-refractivity contribution >= 4 is 28.9 Å². The van der Waals surface area contributed by atoms with Crippen molar-refractivity contribution in [2.75, 3.05) is 11.9 Å². The molecule has 0 aliphatic carbocycles. The molecule has 0 aromatic heterocycles. The predicted octanol–water partition coefficient (Wildman–Crippen LogP) is 4.33. The van der Waals surface area contributed by atoms with Gasteiger partial charge in [-0.15, -0.1) is 0 Å². The summed E-state index contributed by atoms with van der Waals surface area (Å²) in [7, 11) is 0. The van der Waals surface area contributed by atoms with Crippen LogP contribution in [0.1, 0.15) is 25.0 Å². The second kappa shape index (κ2) is 8.43. The zero-order chi connectivity index (χ0) is 18.6. The van der Waals surface area contributed by atoms with E-state index in [0.29, 0.717) is 16.2 Å². The highest BCUT2D eigenvalue weighted by Gasteiger charge is 2.15. The molecule has 6 heteroatoms. The Morgan fingerprint density at radius 1 is 1.24 bits per heavy atom. The lowest BCUT2D eigenvalue weighted by Gasteiger charge is -2.20. The lowest BCUT2D eigenvalue weighted by molar-refractivity contribution is 0.0838. The van der Waals surface area contributed by atoms with E-state index in [2.05, 4.69) is 5.32 Å². The third kappa shape index (κ3) is 4.78. The van der Waals surface area contributed by atoms with Crippen LogP contribution in [-0.4, -0.2) is 29.0 Å². The molecule has 0 amide bonds. The zero-order valence-corrected chi connectivity index (χ0v) is 14.7. The van der Waals surface area contributed by atoms with Crippen LogP contribution in [0.4, 0.5) is 14.5 Å². The lowest BCUT2D eigenvalue weighted by atomic mass is 10.0. The monoisotopic (exact) mass is 367 g/mol. The minimum Gasteiger partial charge on any atom is -0.394 e. The smallest absolute Gasteiger partial charge is 0.146 e. The van der Waals surface area contributed by atoms with E-state index in [0.717, 1.165) is 0 Å². The topological polar surface area (TPSA) is 52.5 Å². The molecule has 134 valence electrons. The van der Waals surface area contributed by atoms with Gasteiger partial charge >= 0.3 is 0 Å². The molecule has 0 radical (unpaired) electrons. The summed E-state index contributed by atoms with van der Waals surface area (Å²) < 4.78 is 28.2. The first kappa shape index (κ1) is 19.4. The van der Waals surface area contributed by atoms with Crippen LogP contribution >= 0.6 is 11.6 Å². The largest absolute Gasteiger partial charge is 0.394 e. The third-order valence-corrected chi connectivity index (χ3v) is 4.20. The molecular formula is C19H20ClF2NO2. The fourth-order valence-corrected chi connectivity index (χ4v) is 2.75. The van der Waals surface area contributed by atoms with Crippen molar-refractivity contribution in [2.24, 2.45) is 0 Å². The second-order valence-corrected chi connectivity index (χ2v) is 6.25. The molecule has 2 aromatic rings. The number of rotatable bonds is 6. The fourth-order valence-electron chi connectivity index (χ4n) is 2.43. The molecule has 0 unspecified atom stereocenters. The van der Waals surface area contributed by atoms with Crippen LogP contribution in [-0.2, 0) is 0 Å². The molecule has 0 aliphatic rings. The maximum atomic E-state index is 14.3. The predicted molar refractivity (Wildman–Crippen MR) is 97.5 cm³/mol. The quantitative estimate of drug-likeness (QED) is 0.666. The van der Waals surface area contributed by atoms with Gasteiger partial charge in [-0.05, 0) is 49.2 Å². The molecule has 3 N–H and O–H groups in total. The van der Waals surface area contributed by atoms with Gasteiger partial charge in [0.2, 0.25) is 0 Å². The normalized spacial score (nSPS) is 14.3. The Labute approximate surface area is 150 Å². The van der Waals surface area contributed by atoms with Crippen LogP contribution in [0.3, 0.4) is 0 Å². The van der Waals surface area contributed by atoms with E-state index >= 15 is 0 Å². The van der Waals surface area contributed by atoms with E-state index in [1.807, 2.05) is 0 Å². The highest BCUT2D eigenvalue weighted by molar-refractivity contribution is 6.32.